The fraction of sp³-hybridized carbons (Fsp3) is 0.517. The molecule has 12 heteroatoms. The molecule has 220 valence electrons. The van der Waals surface area contributed by atoms with E-state index in [0.717, 1.165) is 37.1 Å². The summed E-state index contributed by atoms with van der Waals surface area (Å²) in [5.74, 6) is 0.551. The van der Waals surface area contributed by atoms with E-state index in [1.54, 1.807) is 0 Å². The van der Waals surface area contributed by atoms with Gasteiger partial charge in [0, 0.05) is 24.0 Å². The van der Waals surface area contributed by atoms with E-state index in [9.17, 15) is 30.8 Å². The van der Waals surface area contributed by atoms with Gasteiger partial charge in [-0.05, 0) is 86.9 Å². The molecule has 4 saturated carbocycles. The monoisotopic (exact) mass is 592 g/mol. The van der Waals surface area contributed by atoms with Crippen LogP contribution >= 0.6 is 0 Å². The van der Waals surface area contributed by atoms with E-state index < -0.39 is 38.7 Å². The Morgan fingerprint density at radius 3 is 2.27 bits per heavy atom. The Labute approximate surface area is 236 Å². The Morgan fingerprint density at radius 1 is 1.07 bits per heavy atom. The number of nitrogens with zero attached hydrogens (tertiary/aromatic N) is 2. The average molecular weight is 593 g/mol. The minimum Gasteiger partial charge on any atom is -0.358 e. The van der Waals surface area contributed by atoms with E-state index >= 15 is 0 Å². The van der Waals surface area contributed by atoms with Gasteiger partial charge < -0.3 is 10.6 Å². The molecule has 1 aliphatic heterocycles. The number of carbonyl (C=O) groups excluding carboxylic acids is 1. The minimum atomic E-state index is -4.50. The quantitative estimate of drug-likeness (QED) is 0.416. The summed E-state index contributed by atoms with van der Waals surface area (Å²) in [6.07, 6.45) is 0.338. The van der Waals surface area contributed by atoms with E-state index in [0.29, 0.717) is 43.1 Å². The molecule has 41 heavy (non-hydrogen) atoms. The van der Waals surface area contributed by atoms with Gasteiger partial charge in [-0.15, -0.1) is 0 Å². The molecule has 1 heterocycles. The topological polar surface area (TPSA) is 90.9 Å². The zero-order valence-electron chi connectivity index (χ0n) is 22.6. The Kier molecular flexibility index (Phi) is 6.53. The average Bonchev–Trinajstić information content (AvgIpc) is 3.24. The van der Waals surface area contributed by atoms with Gasteiger partial charge in [-0.25, -0.2) is 12.8 Å². The second-order valence-electron chi connectivity index (χ2n) is 12.3. The molecule has 5 aliphatic rings. The Balaban J connectivity index is 1.19. The standard InChI is InChI=1S/C29H32F4N4O3S/c1-26(25(38)34-13-19-3-2-4-19)18-35-24(36-26)27-15-28(16-27,17-27)37(41(39,40)23-11-9-22(30)10-12-23)14-20-5-7-21(8-6-20)29(31,32)33/h5-12,19H,2-4,13-18H2,1H3,(H,34,38)(H,35,36)/t26-,27?,28?/m0/s1. The normalized spacial score (nSPS) is 29.2. The lowest BCUT2D eigenvalue weighted by molar-refractivity contribution is -0.151. The molecule has 0 radical (unpaired) electrons. The molecular formula is C29H32F4N4O3S. The van der Waals surface area contributed by atoms with Crippen LogP contribution in [0.2, 0.25) is 0 Å². The molecule has 0 saturated heterocycles. The van der Waals surface area contributed by atoms with Crippen LogP contribution in [0.15, 0.2) is 58.4 Å². The number of aliphatic imine (C=N–C) groups is 1. The number of alkyl halides is 3. The number of hydrogen-bond acceptors (Lipinski definition) is 5. The predicted molar refractivity (Wildman–Crippen MR) is 144 cm³/mol. The number of rotatable bonds is 9. The van der Waals surface area contributed by atoms with Gasteiger partial charge in [0.05, 0.1) is 17.0 Å². The molecule has 2 aromatic carbocycles. The van der Waals surface area contributed by atoms with Crippen LogP contribution in [0.5, 0.6) is 0 Å². The van der Waals surface area contributed by atoms with Crippen molar-refractivity contribution in [2.45, 2.75) is 74.1 Å². The van der Waals surface area contributed by atoms with Crippen molar-refractivity contribution in [3.63, 3.8) is 0 Å². The first kappa shape index (κ1) is 28.1. The van der Waals surface area contributed by atoms with Crippen molar-refractivity contribution in [1.82, 2.24) is 14.9 Å². The van der Waals surface area contributed by atoms with Crippen molar-refractivity contribution in [1.29, 1.82) is 0 Å². The Hall–Kier alpha value is -2.99. The van der Waals surface area contributed by atoms with Gasteiger partial charge in [-0.2, -0.15) is 17.5 Å². The highest BCUT2D eigenvalue weighted by Crippen LogP contribution is 2.71. The minimum absolute atomic E-state index is 0.0865. The van der Waals surface area contributed by atoms with Gasteiger partial charge in [0.2, 0.25) is 15.9 Å². The lowest BCUT2D eigenvalue weighted by Crippen LogP contribution is -2.79. The van der Waals surface area contributed by atoms with Crippen LogP contribution in [-0.4, -0.2) is 48.6 Å². The SMILES string of the molecule is C[C@@]1(C(=O)NCC2CCC2)CN=C(C23CC(N(Cc4ccc(C(F)(F)F)cc4)S(=O)(=O)c4ccc(F)cc4)(C2)C3)N1. The summed E-state index contributed by atoms with van der Waals surface area (Å²) in [6, 6.07) is 8.98. The maximum Gasteiger partial charge on any atom is 0.416 e. The highest BCUT2D eigenvalue weighted by atomic mass is 32.2. The molecule has 7 nitrogen and oxygen atoms in total. The van der Waals surface area contributed by atoms with Crippen LogP contribution in [0.1, 0.15) is 56.6 Å². The van der Waals surface area contributed by atoms with Crippen LogP contribution in [0, 0.1) is 17.2 Å². The van der Waals surface area contributed by atoms with Crippen LogP contribution in [-0.2, 0) is 27.5 Å². The summed E-state index contributed by atoms with van der Waals surface area (Å²) < 4.78 is 81.9. The number of amidine groups is 1. The number of nitrogens with one attached hydrogen (secondary N) is 2. The summed E-state index contributed by atoms with van der Waals surface area (Å²) >= 11 is 0. The van der Waals surface area contributed by atoms with Gasteiger partial charge in [0.25, 0.3) is 0 Å². The van der Waals surface area contributed by atoms with E-state index in [4.69, 9.17) is 0 Å². The van der Waals surface area contributed by atoms with Gasteiger partial charge >= 0.3 is 6.18 Å². The maximum absolute atomic E-state index is 13.8. The molecule has 7 rings (SSSR count). The second kappa shape index (κ2) is 9.52. The number of hydrogen-bond donors (Lipinski definition) is 2. The molecule has 4 fully saturated rings. The van der Waals surface area contributed by atoms with Crippen molar-refractivity contribution in [3.8, 4) is 0 Å². The zero-order valence-corrected chi connectivity index (χ0v) is 23.4. The number of sulfonamides is 1. The fourth-order valence-electron chi connectivity index (χ4n) is 6.59. The smallest absolute Gasteiger partial charge is 0.358 e. The van der Waals surface area contributed by atoms with Crippen molar-refractivity contribution >= 4 is 21.8 Å². The number of benzene rings is 2. The second-order valence-corrected chi connectivity index (χ2v) is 14.2. The molecular weight excluding hydrogens is 560 g/mol. The molecule has 1 amide bonds. The van der Waals surface area contributed by atoms with E-state index in [1.165, 1.54) is 35.0 Å². The summed E-state index contributed by atoms with van der Waals surface area (Å²) in [5, 5.41) is 6.37. The summed E-state index contributed by atoms with van der Waals surface area (Å²) in [6.45, 7) is 2.63. The molecule has 2 bridgehead atoms. The third-order valence-corrected chi connectivity index (χ3v) is 11.2. The first-order valence-electron chi connectivity index (χ1n) is 13.8. The van der Waals surface area contributed by atoms with Crippen LogP contribution in [0.4, 0.5) is 17.6 Å². The third kappa shape index (κ3) is 4.82. The summed E-state index contributed by atoms with van der Waals surface area (Å²) in [7, 11) is -4.11. The zero-order chi connectivity index (χ0) is 29.3. The molecule has 1 atom stereocenters. The van der Waals surface area contributed by atoms with Crippen molar-refractivity contribution in [2.24, 2.45) is 16.3 Å². The fourth-order valence-corrected chi connectivity index (χ4v) is 8.35. The lowest BCUT2D eigenvalue weighted by Gasteiger charge is -2.73. The lowest BCUT2D eigenvalue weighted by atomic mass is 9.38. The van der Waals surface area contributed by atoms with Crippen molar-refractivity contribution in [2.75, 3.05) is 13.1 Å². The van der Waals surface area contributed by atoms with E-state index in [1.807, 2.05) is 6.92 Å². The molecule has 0 unspecified atom stereocenters. The summed E-state index contributed by atoms with van der Waals surface area (Å²) in [4.78, 5) is 17.5. The first-order chi connectivity index (χ1) is 19.2. The van der Waals surface area contributed by atoms with E-state index in [2.05, 4.69) is 15.6 Å². The molecule has 4 aliphatic carbocycles. The summed E-state index contributed by atoms with van der Waals surface area (Å²) in [5.41, 5.74) is -2.42. The third-order valence-electron chi connectivity index (χ3n) is 9.27. The predicted octanol–water partition coefficient (Wildman–Crippen LogP) is 4.63. The molecule has 2 aromatic rings. The number of amides is 1. The van der Waals surface area contributed by atoms with Crippen molar-refractivity contribution in [3.05, 3.63) is 65.5 Å². The van der Waals surface area contributed by atoms with Gasteiger partial charge in [0.1, 0.15) is 17.2 Å². The van der Waals surface area contributed by atoms with Crippen LogP contribution in [0.3, 0.4) is 0 Å². The number of carbonyl (C=O) groups is 1. The van der Waals surface area contributed by atoms with E-state index in [-0.39, 0.29) is 29.3 Å². The first-order valence-corrected chi connectivity index (χ1v) is 15.2. The molecule has 2 N–H and O–H groups in total. The number of halogens is 4. The molecule has 0 aromatic heterocycles. The van der Waals surface area contributed by atoms with Crippen molar-refractivity contribution < 1.29 is 30.8 Å². The Bertz CT molecular complexity index is 1470. The largest absolute Gasteiger partial charge is 0.416 e. The van der Waals surface area contributed by atoms with Crippen LogP contribution in [0.25, 0.3) is 0 Å². The van der Waals surface area contributed by atoms with Gasteiger partial charge in [-0.3, -0.25) is 9.79 Å². The van der Waals surface area contributed by atoms with Crippen LogP contribution < -0.4 is 10.6 Å². The van der Waals surface area contributed by atoms with Gasteiger partial charge in [-0.1, -0.05) is 18.6 Å². The highest BCUT2D eigenvalue weighted by Gasteiger charge is 2.75. The Morgan fingerprint density at radius 2 is 1.71 bits per heavy atom. The molecule has 0 spiro atoms. The highest BCUT2D eigenvalue weighted by molar-refractivity contribution is 7.89. The van der Waals surface area contributed by atoms with Gasteiger partial charge in [0.15, 0.2) is 0 Å². The maximum atomic E-state index is 13.8.